The monoisotopic (exact) mass is 398 g/mol. The predicted molar refractivity (Wildman–Crippen MR) is 106 cm³/mol. The van der Waals surface area contributed by atoms with E-state index in [0.29, 0.717) is 25.3 Å². The molecule has 0 saturated carbocycles. The van der Waals surface area contributed by atoms with Crippen LogP contribution in [0.1, 0.15) is 37.2 Å². The third kappa shape index (κ3) is 4.31. The van der Waals surface area contributed by atoms with Crippen LogP contribution in [0, 0.1) is 17.6 Å². The molecule has 4 nitrogen and oxygen atoms in total. The van der Waals surface area contributed by atoms with E-state index in [4.69, 9.17) is 0 Å². The first kappa shape index (κ1) is 19.6. The van der Waals surface area contributed by atoms with Crippen LogP contribution in [0.15, 0.2) is 48.5 Å². The summed E-state index contributed by atoms with van der Waals surface area (Å²) >= 11 is 0. The van der Waals surface area contributed by atoms with Gasteiger partial charge in [0, 0.05) is 37.7 Å². The number of amides is 2. The SMILES string of the molecule is O=C([C@H]1CC(=O)N(c2ccc(F)cc2)C1)N1CCCC[C@@H](c2ccc(F)cc2)C1. The van der Waals surface area contributed by atoms with E-state index in [1.165, 1.54) is 24.3 Å². The van der Waals surface area contributed by atoms with Crippen molar-refractivity contribution in [3.8, 4) is 0 Å². The molecule has 2 aliphatic rings. The molecule has 2 amide bonds. The van der Waals surface area contributed by atoms with E-state index in [2.05, 4.69) is 0 Å². The van der Waals surface area contributed by atoms with E-state index < -0.39 is 0 Å². The Morgan fingerprint density at radius 3 is 2.24 bits per heavy atom. The van der Waals surface area contributed by atoms with Crippen molar-refractivity contribution in [2.45, 2.75) is 31.6 Å². The van der Waals surface area contributed by atoms with Gasteiger partial charge in [-0.05, 0) is 54.8 Å². The Balaban J connectivity index is 1.46. The van der Waals surface area contributed by atoms with Gasteiger partial charge in [0.25, 0.3) is 0 Å². The third-order valence-electron chi connectivity index (χ3n) is 5.94. The summed E-state index contributed by atoms with van der Waals surface area (Å²) in [4.78, 5) is 29.1. The van der Waals surface area contributed by atoms with Crippen molar-refractivity contribution in [2.24, 2.45) is 5.92 Å². The molecule has 6 heteroatoms. The quantitative estimate of drug-likeness (QED) is 0.781. The molecule has 4 rings (SSSR count). The zero-order chi connectivity index (χ0) is 20.4. The van der Waals surface area contributed by atoms with Crippen LogP contribution >= 0.6 is 0 Å². The van der Waals surface area contributed by atoms with E-state index in [0.717, 1.165) is 24.8 Å². The lowest BCUT2D eigenvalue weighted by Gasteiger charge is -2.27. The fourth-order valence-corrected chi connectivity index (χ4v) is 4.35. The highest BCUT2D eigenvalue weighted by Crippen LogP contribution is 2.30. The van der Waals surface area contributed by atoms with Gasteiger partial charge in [-0.15, -0.1) is 0 Å². The largest absolute Gasteiger partial charge is 0.342 e. The first-order chi connectivity index (χ1) is 14.0. The first-order valence-corrected chi connectivity index (χ1v) is 10.1. The number of rotatable bonds is 3. The zero-order valence-electron chi connectivity index (χ0n) is 16.2. The number of hydrogen-bond donors (Lipinski definition) is 0. The van der Waals surface area contributed by atoms with E-state index >= 15 is 0 Å². The second kappa shape index (κ2) is 8.31. The number of hydrogen-bond acceptors (Lipinski definition) is 2. The maximum absolute atomic E-state index is 13.3. The van der Waals surface area contributed by atoms with Crippen LogP contribution in [-0.4, -0.2) is 36.3 Å². The number of likely N-dealkylation sites (tertiary alicyclic amines) is 1. The second-order valence-corrected chi connectivity index (χ2v) is 7.91. The molecule has 2 saturated heterocycles. The summed E-state index contributed by atoms with van der Waals surface area (Å²) in [6.07, 6.45) is 3.07. The molecule has 29 heavy (non-hydrogen) atoms. The average molecular weight is 398 g/mol. The molecule has 0 aliphatic carbocycles. The minimum Gasteiger partial charge on any atom is -0.342 e. The van der Waals surface area contributed by atoms with Crippen LogP contribution in [0.4, 0.5) is 14.5 Å². The van der Waals surface area contributed by atoms with E-state index in [1.807, 2.05) is 4.90 Å². The van der Waals surface area contributed by atoms with Crippen molar-refractivity contribution in [1.29, 1.82) is 0 Å². The molecule has 2 atom stereocenters. The maximum atomic E-state index is 13.3. The van der Waals surface area contributed by atoms with Gasteiger partial charge in [-0.2, -0.15) is 0 Å². The lowest BCUT2D eigenvalue weighted by molar-refractivity contribution is -0.135. The number of anilines is 1. The van der Waals surface area contributed by atoms with Gasteiger partial charge < -0.3 is 9.80 Å². The molecule has 0 N–H and O–H groups in total. The van der Waals surface area contributed by atoms with Crippen molar-refractivity contribution >= 4 is 17.5 Å². The molecule has 152 valence electrons. The molecular formula is C23H24F2N2O2. The van der Waals surface area contributed by atoms with Gasteiger partial charge in [-0.25, -0.2) is 8.78 Å². The Hall–Kier alpha value is -2.76. The van der Waals surface area contributed by atoms with Gasteiger partial charge in [0.2, 0.25) is 11.8 Å². The van der Waals surface area contributed by atoms with Crippen molar-refractivity contribution in [1.82, 2.24) is 4.90 Å². The standard InChI is InChI=1S/C23H24F2N2O2/c24-19-6-4-16(5-7-19)17-3-1-2-12-26(14-17)23(29)18-13-22(28)27(15-18)21-10-8-20(25)9-11-21/h4-11,17-18H,1-3,12-15H2/t17-,18+/m1/s1. The summed E-state index contributed by atoms with van der Waals surface area (Å²) in [5.74, 6) is -0.950. The number of carbonyl (C=O) groups is 2. The average Bonchev–Trinajstić information content (AvgIpc) is 2.95. The molecule has 2 aromatic rings. The molecule has 0 bridgehead atoms. The smallest absolute Gasteiger partial charge is 0.228 e. The van der Waals surface area contributed by atoms with E-state index in [9.17, 15) is 18.4 Å². The third-order valence-corrected chi connectivity index (χ3v) is 5.94. The zero-order valence-corrected chi connectivity index (χ0v) is 16.2. The van der Waals surface area contributed by atoms with Crippen LogP contribution in [0.3, 0.4) is 0 Å². The van der Waals surface area contributed by atoms with Gasteiger partial charge in [-0.1, -0.05) is 18.6 Å². The Morgan fingerprint density at radius 2 is 1.55 bits per heavy atom. The van der Waals surface area contributed by atoms with Crippen molar-refractivity contribution in [3.63, 3.8) is 0 Å². The van der Waals surface area contributed by atoms with Crippen molar-refractivity contribution < 1.29 is 18.4 Å². The predicted octanol–water partition coefficient (Wildman–Crippen LogP) is 4.11. The lowest BCUT2D eigenvalue weighted by Crippen LogP contribution is -2.39. The molecular weight excluding hydrogens is 374 g/mol. The van der Waals surface area contributed by atoms with E-state index in [-0.39, 0.29) is 41.7 Å². The van der Waals surface area contributed by atoms with Crippen molar-refractivity contribution in [2.75, 3.05) is 24.5 Å². The lowest BCUT2D eigenvalue weighted by atomic mass is 9.94. The molecule has 2 fully saturated rings. The maximum Gasteiger partial charge on any atom is 0.228 e. The summed E-state index contributed by atoms with van der Waals surface area (Å²) in [7, 11) is 0. The highest BCUT2D eigenvalue weighted by atomic mass is 19.1. The Labute approximate surface area is 169 Å². The van der Waals surface area contributed by atoms with Gasteiger partial charge in [-0.3, -0.25) is 9.59 Å². The number of benzene rings is 2. The molecule has 0 unspecified atom stereocenters. The topological polar surface area (TPSA) is 40.6 Å². The van der Waals surface area contributed by atoms with Crippen LogP contribution in [0.25, 0.3) is 0 Å². The Kier molecular flexibility index (Phi) is 5.60. The number of carbonyl (C=O) groups excluding carboxylic acids is 2. The number of nitrogens with zero attached hydrogens (tertiary/aromatic N) is 2. The molecule has 2 aliphatic heterocycles. The number of halogens is 2. The van der Waals surface area contributed by atoms with Gasteiger partial charge in [0.1, 0.15) is 11.6 Å². The summed E-state index contributed by atoms with van der Waals surface area (Å²) in [6.45, 7) is 1.59. The summed E-state index contributed by atoms with van der Waals surface area (Å²) in [6, 6.07) is 12.3. The van der Waals surface area contributed by atoms with Crippen LogP contribution in [-0.2, 0) is 9.59 Å². The highest BCUT2D eigenvalue weighted by Gasteiger charge is 2.38. The van der Waals surface area contributed by atoms with Crippen LogP contribution in [0.5, 0.6) is 0 Å². The summed E-state index contributed by atoms with van der Waals surface area (Å²) in [5.41, 5.74) is 1.66. The summed E-state index contributed by atoms with van der Waals surface area (Å²) in [5, 5.41) is 0. The Bertz CT molecular complexity index is 883. The first-order valence-electron chi connectivity index (χ1n) is 10.1. The van der Waals surface area contributed by atoms with Crippen LogP contribution in [0.2, 0.25) is 0 Å². The minimum absolute atomic E-state index is 0.00280. The Morgan fingerprint density at radius 1 is 0.897 bits per heavy atom. The molecule has 0 radical (unpaired) electrons. The minimum atomic E-state index is -0.389. The molecule has 2 heterocycles. The molecule has 2 aromatic carbocycles. The van der Waals surface area contributed by atoms with Crippen molar-refractivity contribution in [3.05, 3.63) is 65.7 Å². The highest BCUT2D eigenvalue weighted by molar-refractivity contribution is 6.00. The fraction of sp³-hybridized carbons (Fsp3) is 0.391. The second-order valence-electron chi connectivity index (χ2n) is 7.91. The normalized spacial score (nSPS) is 22.6. The van der Waals surface area contributed by atoms with E-state index in [1.54, 1.807) is 29.2 Å². The van der Waals surface area contributed by atoms with Gasteiger partial charge >= 0.3 is 0 Å². The van der Waals surface area contributed by atoms with Gasteiger partial charge in [0.05, 0.1) is 5.92 Å². The summed E-state index contributed by atoms with van der Waals surface area (Å²) < 4.78 is 26.4. The molecule has 0 aromatic heterocycles. The van der Waals surface area contributed by atoms with Crippen LogP contribution < -0.4 is 4.90 Å². The fourth-order valence-electron chi connectivity index (χ4n) is 4.35. The van der Waals surface area contributed by atoms with Gasteiger partial charge in [0.15, 0.2) is 0 Å². The molecule has 0 spiro atoms.